The van der Waals surface area contributed by atoms with E-state index in [1.165, 1.54) is 14.0 Å². The van der Waals surface area contributed by atoms with Gasteiger partial charge >= 0.3 is 12.1 Å². The first kappa shape index (κ1) is 22.8. The Balaban J connectivity index is 1.41. The van der Waals surface area contributed by atoms with E-state index in [4.69, 9.17) is 9.47 Å². The number of methoxy groups -OCH3 is 1. The largest absolute Gasteiger partial charge is 0.480 e. The van der Waals surface area contributed by atoms with Crippen molar-refractivity contribution in [2.24, 2.45) is 5.92 Å². The summed E-state index contributed by atoms with van der Waals surface area (Å²) in [6.07, 6.45) is 0.702. The zero-order valence-corrected chi connectivity index (χ0v) is 18.7. The second-order valence-electron chi connectivity index (χ2n) is 8.75. The summed E-state index contributed by atoms with van der Waals surface area (Å²) >= 11 is 0. The van der Waals surface area contributed by atoms with E-state index in [2.05, 4.69) is 10.6 Å². The van der Waals surface area contributed by atoms with Gasteiger partial charge in [0.15, 0.2) is 0 Å². The molecular formula is C25H28N2O6. The van der Waals surface area contributed by atoms with Crippen LogP contribution in [0.25, 0.3) is 11.1 Å². The fourth-order valence-corrected chi connectivity index (χ4v) is 4.47. The number of amides is 2. The summed E-state index contributed by atoms with van der Waals surface area (Å²) in [6, 6.07) is 14.9. The zero-order valence-electron chi connectivity index (χ0n) is 18.7. The van der Waals surface area contributed by atoms with Gasteiger partial charge in [0, 0.05) is 13.0 Å². The van der Waals surface area contributed by atoms with Crippen LogP contribution in [0.2, 0.25) is 0 Å². The number of carboxylic acid groups (broad SMARTS) is 1. The van der Waals surface area contributed by atoms with Gasteiger partial charge in [0.05, 0.1) is 6.61 Å². The highest BCUT2D eigenvalue weighted by Crippen LogP contribution is 2.44. The number of rotatable bonds is 9. The summed E-state index contributed by atoms with van der Waals surface area (Å²) in [5, 5.41) is 14.7. The molecule has 2 aliphatic carbocycles. The van der Waals surface area contributed by atoms with E-state index < -0.39 is 29.6 Å². The number of carbonyl (C=O) groups excluding carboxylic acids is 2. The molecule has 4 rings (SSSR count). The van der Waals surface area contributed by atoms with Crippen molar-refractivity contribution < 1.29 is 29.0 Å². The molecule has 0 aliphatic heterocycles. The molecule has 0 saturated heterocycles. The molecular weight excluding hydrogens is 424 g/mol. The second kappa shape index (κ2) is 9.23. The number of fused-ring (bicyclic) bond motifs is 3. The molecule has 1 saturated carbocycles. The number of carboxylic acids is 1. The third kappa shape index (κ3) is 4.57. The molecule has 0 spiro atoms. The topological polar surface area (TPSA) is 114 Å². The fourth-order valence-electron chi connectivity index (χ4n) is 4.47. The average Bonchev–Trinajstić information content (AvgIpc) is 3.61. The second-order valence-corrected chi connectivity index (χ2v) is 8.75. The highest BCUT2D eigenvalue weighted by atomic mass is 16.5. The van der Waals surface area contributed by atoms with E-state index in [1.54, 1.807) is 0 Å². The van der Waals surface area contributed by atoms with Gasteiger partial charge < -0.3 is 25.2 Å². The van der Waals surface area contributed by atoms with E-state index in [-0.39, 0.29) is 25.0 Å². The highest BCUT2D eigenvalue weighted by molar-refractivity contribution is 5.91. The molecule has 2 aliphatic rings. The summed E-state index contributed by atoms with van der Waals surface area (Å²) in [5.74, 6) is -1.96. The van der Waals surface area contributed by atoms with Crippen molar-refractivity contribution in [2.45, 2.75) is 37.3 Å². The third-order valence-electron chi connectivity index (χ3n) is 6.51. The first-order valence-electron chi connectivity index (χ1n) is 11.0. The summed E-state index contributed by atoms with van der Waals surface area (Å²) in [4.78, 5) is 37.1. The zero-order chi connectivity index (χ0) is 23.6. The maximum absolute atomic E-state index is 12.8. The maximum atomic E-state index is 12.8. The minimum absolute atomic E-state index is 0.107. The van der Waals surface area contributed by atoms with Gasteiger partial charge in [-0.25, -0.2) is 9.59 Å². The lowest BCUT2D eigenvalue weighted by Crippen LogP contribution is -2.60. The van der Waals surface area contributed by atoms with Gasteiger partial charge in [0.2, 0.25) is 5.91 Å². The number of benzene rings is 2. The molecule has 0 radical (unpaired) electrons. The number of aliphatic carboxylic acids is 1. The van der Waals surface area contributed by atoms with Crippen LogP contribution in [0, 0.1) is 5.92 Å². The minimum atomic E-state index is -1.38. The third-order valence-corrected chi connectivity index (χ3v) is 6.51. The normalized spacial score (nSPS) is 17.3. The molecule has 174 valence electrons. The number of hydrogen-bond acceptors (Lipinski definition) is 5. The molecule has 2 atom stereocenters. The lowest BCUT2D eigenvalue weighted by Gasteiger charge is -2.28. The molecule has 0 bridgehead atoms. The first-order chi connectivity index (χ1) is 15.8. The molecule has 33 heavy (non-hydrogen) atoms. The number of nitrogens with one attached hydrogen (secondary N) is 2. The Morgan fingerprint density at radius 2 is 1.64 bits per heavy atom. The van der Waals surface area contributed by atoms with Crippen LogP contribution in [0.4, 0.5) is 4.79 Å². The van der Waals surface area contributed by atoms with E-state index in [9.17, 15) is 19.5 Å². The van der Waals surface area contributed by atoms with Crippen LogP contribution >= 0.6 is 0 Å². The molecule has 2 amide bonds. The molecule has 8 heteroatoms. The Kier molecular flexibility index (Phi) is 6.37. The molecule has 8 nitrogen and oxygen atoms in total. The smallest absolute Gasteiger partial charge is 0.407 e. The Hall–Kier alpha value is -3.39. The Morgan fingerprint density at radius 1 is 1.06 bits per heavy atom. The van der Waals surface area contributed by atoms with Crippen molar-refractivity contribution in [1.82, 2.24) is 10.6 Å². The average molecular weight is 453 g/mol. The number of ether oxygens (including phenoxy) is 2. The van der Waals surface area contributed by atoms with Crippen molar-refractivity contribution in [2.75, 3.05) is 20.3 Å². The minimum Gasteiger partial charge on any atom is -0.480 e. The van der Waals surface area contributed by atoms with Gasteiger partial charge in [0.1, 0.15) is 18.2 Å². The van der Waals surface area contributed by atoms with Gasteiger partial charge in [-0.15, -0.1) is 0 Å². The predicted octanol–water partition coefficient (Wildman–Crippen LogP) is 2.91. The van der Waals surface area contributed by atoms with Crippen LogP contribution < -0.4 is 10.6 Å². The SMILES string of the molecule is COC[C@H](NC(=O)OCC1c2ccccc2-c2ccccc21)C(=O)NC(C)(C(=O)O)C1CC1. The summed E-state index contributed by atoms with van der Waals surface area (Å²) < 4.78 is 10.6. The monoisotopic (exact) mass is 452 g/mol. The Bertz CT molecular complexity index is 1020. The lowest BCUT2D eigenvalue weighted by molar-refractivity contribution is -0.148. The molecule has 2 aromatic carbocycles. The first-order valence-corrected chi connectivity index (χ1v) is 11.0. The summed E-state index contributed by atoms with van der Waals surface area (Å²) in [7, 11) is 1.40. The van der Waals surface area contributed by atoms with Gasteiger partial charge in [-0.2, -0.15) is 0 Å². The fraction of sp³-hybridized carbons (Fsp3) is 0.400. The van der Waals surface area contributed by atoms with Crippen LogP contribution in [-0.4, -0.2) is 55.0 Å². The van der Waals surface area contributed by atoms with Crippen molar-refractivity contribution in [3.8, 4) is 11.1 Å². The van der Waals surface area contributed by atoms with E-state index in [1.807, 2.05) is 48.5 Å². The van der Waals surface area contributed by atoms with Crippen LogP contribution in [0.5, 0.6) is 0 Å². The van der Waals surface area contributed by atoms with Gasteiger partial charge in [-0.05, 0) is 47.9 Å². The van der Waals surface area contributed by atoms with Gasteiger partial charge in [-0.3, -0.25) is 4.79 Å². The Morgan fingerprint density at radius 3 is 2.15 bits per heavy atom. The molecule has 1 fully saturated rings. The van der Waals surface area contributed by atoms with Crippen LogP contribution in [-0.2, 0) is 19.1 Å². The van der Waals surface area contributed by atoms with Crippen molar-refractivity contribution in [3.05, 3.63) is 59.7 Å². The van der Waals surface area contributed by atoms with Crippen molar-refractivity contribution in [3.63, 3.8) is 0 Å². The molecule has 3 N–H and O–H groups in total. The maximum Gasteiger partial charge on any atom is 0.407 e. The summed E-state index contributed by atoms with van der Waals surface area (Å²) in [6.45, 7) is 1.48. The lowest BCUT2D eigenvalue weighted by atomic mass is 9.95. The number of hydrogen-bond donors (Lipinski definition) is 3. The number of carbonyl (C=O) groups is 3. The van der Waals surface area contributed by atoms with Crippen LogP contribution in [0.1, 0.15) is 36.8 Å². The predicted molar refractivity (Wildman–Crippen MR) is 121 cm³/mol. The van der Waals surface area contributed by atoms with Crippen LogP contribution in [0.15, 0.2) is 48.5 Å². The molecule has 2 aromatic rings. The standard InChI is InChI=1S/C25H28N2O6/c1-25(23(29)30,15-11-12-15)27-22(28)21(14-32-2)26-24(31)33-13-20-18-9-5-3-7-16(18)17-8-4-6-10-19(17)20/h3-10,15,20-21H,11-14H2,1-2H3,(H,26,31)(H,27,28)(H,29,30)/t21-,25?/m0/s1. The molecule has 0 aromatic heterocycles. The quantitative estimate of drug-likeness (QED) is 0.539. The molecule has 1 unspecified atom stereocenters. The van der Waals surface area contributed by atoms with E-state index in [0.29, 0.717) is 0 Å². The summed E-state index contributed by atoms with van der Waals surface area (Å²) in [5.41, 5.74) is 3.02. The van der Waals surface area contributed by atoms with Gasteiger partial charge in [-0.1, -0.05) is 48.5 Å². The highest BCUT2D eigenvalue weighted by Gasteiger charge is 2.49. The van der Waals surface area contributed by atoms with Crippen molar-refractivity contribution >= 4 is 18.0 Å². The molecule has 0 heterocycles. The van der Waals surface area contributed by atoms with E-state index >= 15 is 0 Å². The van der Waals surface area contributed by atoms with Gasteiger partial charge in [0.25, 0.3) is 0 Å². The number of alkyl carbamates (subject to hydrolysis) is 1. The van der Waals surface area contributed by atoms with Crippen molar-refractivity contribution in [1.29, 1.82) is 0 Å². The Labute approximate surface area is 192 Å². The van der Waals surface area contributed by atoms with Crippen LogP contribution in [0.3, 0.4) is 0 Å². The van der Waals surface area contributed by atoms with E-state index in [0.717, 1.165) is 35.1 Å².